The molecule has 1 aromatic heterocycles. The van der Waals surface area contributed by atoms with E-state index in [4.69, 9.17) is 0 Å². The Bertz CT molecular complexity index is 708. The second-order valence-electron chi connectivity index (χ2n) is 6.51. The lowest BCUT2D eigenvalue weighted by Gasteiger charge is -2.18. The minimum absolute atomic E-state index is 0.186. The van der Waals surface area contributed by atoms with Crippen molar-refractivity contribution >= 4 is 11.7 Å². The van der Waals surface area contributed by atoms with Crippen molar-refractivity contribution in [3.63, 3.8) is 0 Å². The van der Waals surface area contributed by atoms with Crippen molar-refractivity contribution in [2.45, 2.75) is 6.54 Å². The first-order valence-electron chi connectivity index (χ1n) is 8.39. The molecule has 2 atom stereocenters. The third kappa shape index (κ3) is 3.10. The number of nitrogens with zero attached hydrogens (tertiary/aromatic N) is 3. The molecular formula is C18H21N5O. The molecule has 0 aliphatic carbocycles. The summed E-state index contributed by atoms with van der Waals surface area (Å²) < 4.78 is 0. The summed E-state index contributed by atoms with van der Waals surface area (Å²) in [5, 5.41) is 6.33. The van der Waals surface area contributed by atoms with Crippen LogP contribution in [0.4, 0.5) is 5.82 Å². The molecule has 24 heavy (non-hydrogen) atoms. The highest BCUT2D eigenvalue weighted by Crippen LogP contribution is 2.29. The summed E-state index contributed by atoms with van der Waals surface area (Å²) in [6.45, 7) is 4.62. The lowest BCUT2D eigenvalue weighted by Crippen LogP contribution is -2.28. The largest absolute Gasteiger partial charge is 0.355 e. The number of benzene rings is 1. The van der Waals surface area contributed by atoms with Crippen LogP contribution in [0.15, 0.2) is 42.7 Å². The van der Waals surface area contributed by atoms with Gasteiger partial charge in [-0.2, -0.15) is 0 Å². The number of aromatic nitrogens is 2. The SMILES string of the molecule is O=C(NCc1ccccc1)c1cncc(N2C[C@H]3CNC[C@H]3C2)n1. The summed E-state index contributed by atoms with van der Waals surface area (Å²) >= 11 is 0. The van der Waals surface area contributed by atoms with Crippen molar-refractivity contribution in [3.8, 4) is 0 Å². The van der Waals surface area contributed by atoms with Gasteiger partial charge in [0.2, 0.25) is 0 Å². The molecule has 2 aliphatic heterocycles. The van der Waals surface area contributed by atoms with Crippen LogP contribution in [0.2, 0.25) is 0 Å². The van der Waals surface area contributed by atoms with Crippen LogP contribution in [-0.2, 0) is 6.54 Å². The molecule has 2 N–H and O–H groups in total. The molecule has 2 aromatic rings. The van der Waals surface area contributed by atoms with Gasteiger partial charge in [-0.15, -0.1) is 0 Å². The van der Waals surface area contributed by atoms with Crippen molar-refractivity contribution in [3.05, 3.63) is 54.0 Å². The fraction of sp³-hybridized carbons (Fsp3) is 0.389. The normalized spacial score (nSPS) is 22.4. The zero-order valence-corrected chi connectivity index (χ0v) is 13.5. The Kier molecular flexibility index (Phi) is 4.13. The number of fused-ring (bicyclic) bond motifs is 1. The molecule has 124 valence electrons. The number of carbonyl (C=O) groups is 1. The van der Waals surface area contributed by atoms with Crippen molar-refractivity contribution in [1.82, 2.24) is 20.6 Å². The molecular weight excluding hydrogens is 302 g/mol. The number of nitrogens with one attached hydrogen (secondary N) is 2. The van der Waals surface area contributed by atoms with Gasteiger partial charge in [0.25, 0.3) is 5.91 Å². The van der Waals surface area contributed by atoms with Crippen LogP contribution < -0.4 is 15.5 Å². The standard InChI is InChI=1S/C18H21N5O/c24-18(21-6-13-4-2-1-3-5-13)16-9-20-10-17(22-16)23-11-14-7-19-8-15(14)12-23/h1-5,9-10,14-15,19H,6-8,11-12H2,(H,21,24)/t14-,15+. The summed E-state index contributed by atoms with van der Waals surface area (Å²) in [5.74, 6) is 1.98. The monoisotopic (exact) mass is 323 g/mol. The second kappa shape index (κ2) is 6.57. The van der Waals surface area contributed by atoms with Gasteiger partial charge in [0.1, 0.15) is 11.5 Å². The highest BCUT2D eigenvalue weighted by molar-refractivity contribution is 5.92. The number of hydrogen-bond donors (Lipinski definition) is 2. The molecule has 0 saturated carbocycles. The zero-order valence-electron chi connectivity index (χ0n) is 13.5. The van der Waals surface area contributed by atoms with Crippen LogP contribution >= 0.6 is 0 Å². The number of hydrogen-bond acceptors (Lipinski definition) is 5. The second-order valence-corrected chi connectivity index (χ2v) is 6.51. The minimum atomic E-state index is -0.186. The Balaban J connectivity index is 1.41. The quantitative estimate of drug-likeness (QED) is 0.880. The molecule has 0 radical (unpaired) electrons. The van der Waals surface area contributed by atoms with Crippen molar-refractivity contribution < 1.29 is 4.79 Å². The van der Waals surface area contributed by atoms with Gasteiger partial charge in [-0.25, -0.2) is 4.98 Å². The Labute approximate surface area is 141 Å². The van der Waals surface area contributed by atoms with Gasteiger partial charge in [-0.05, 0) is 17.4 Å². The number of rotatable bonds is 4. The highest BCUT2D eigenvalue weighted by atomic mass is 16.1. The van der Waals surface area contributed by atoms with E-state index in [1.807, 2.05) is 30.3 Å². The first-order valence-corrected chi connectivity index (χ1v) is 8.39. The van der Waals surface area contributed by atoms with Crippen LogP contribution in [0.25, 0.3) is 0 Å². The van der Waals surface area contributed by atoms with E-state index >= 15 is 0 Å². The van der Waals surface area contributed by atoms with Gasteiger partial charge in [-0.3, -0.25) is 9.78 Å². The number of carbonyl (C=O) groups excluding carboxylic acids is 1. The van der Waals surface area contributed by atoms with E-state index in [1.54, 1.807) is 6.20 Å². The molecule has 0 spiro atoms. The maximum atomic E-state index is 12.3. The fourth-order valence-electron chi connectivity index (χ4n) is 3.53. The van der Waals surface area contributed by atoms with Crippen molar-refractivity contribution in [2.75, 3.05) is 31.1 Å². The molecule has 6 nitrogen and oxygen atoms in total. The number of amides is 1. The van der Waals surface area contributed by atoms with Crippen LogP contribution in [0.3, 0.4) is 0 Å². The molecule has 2 aliphatic rings. The third-order valence-corrected chi connectivity index (χ3v) is 4.86. The number of anilines is 1. The van der Waals surface area contributed by atoms with Gasteiger partial charge in [-0.1, -0.05) is 30.3 Å². The van der Waals surface area contributed by atoms with Crippen LogP contribution in [0, 0.1) is 11.8 Å². The zero-order chi connectivity index (χ0) is 16.4. The predicted molar refractivity (Wildman–Crippen MR) is 91.7 cm³/mol. The molecule has 1 amide bonds. The van der Waals surface area contributed by atoms with Crippen molar-refractivity contribution in [2.24, 2.45) is 11.8 Å². The van der Waals surface area contributed by atoms with Gasteiger partial charge < -0.3 is 15.5 Å². The van der Waals surface area contributed by atoms with Crippen molar-refractivity contribution in [1.29, 1.82) is 0 Å². The van der Waals surface area contributed by atoms with Gasteiger partial charge >= 0.3 is 0 Å². The van der Waals surface area contributed by atoms with E-state index in [-0.39, 0.29) is 5.91 Å². The minimum Gasteiger partial charge on any atom is -0.355 e. The average Bonchev–Trinajstić information content (AvgIpc) is 3.23. The lowest BCUT2D eigenvalue weighted by molar-refractivity contribution is 0.0945. The Hall–Kier alpha value is -2.47. The van der Waals surface area contributed by atoms with E-state index in [9.17, 15) is 4.79 Å². The summed E-state index contributed by atoms with van der Waals surface area (Å²) in [6.07, 6.45) is 3.28. The van der Waals surface area contributed by atoms with E-state index < -0.39 is 0 Å². The molecule has 0 unspecified atom stereocenters. The maximum absolute atomic E-state index is 12.3. The molecule has 4 rings (SSSR count). The topological polar surface area (TPSA) is 70.2 Å². The van der Waals surface area contributed by atoms with Crippen LogP contribution in [0.5, 0.6) is 0 Å². The van der Waals surface area contributed by atoms with E-state index in [1.165, 1.54) is 6.20 Å². The van der Waals surface area contributed by atoms with Crippen LogP contribution in [0.1, 0.15) is 16.1 Å². The van der Waals surface area contributed by atoms with E-state index in [0.29, 0.717) is 24.1 Å². The summed E-state index contributed by atoms with van der Waals surface area (Å²) in [7, 11) is 0. The predicted octanol–water partition coefficient (Wildman–Crippen LogP) is 1.06. The smallest absolute Gasteiger partial charge is 0.271 e. The molecule has 0 bridgehead atoms. The molecule has 2 fully saturated rings. The Morgan fingerprint density at radius 1 is 1.17 bits per heavy atom. The summed E-state index contributed by atoms with van der Waals surface area (Å²) in [5.41, 5.74) is 1.44. The van der Waals surface area contributed by atoms with Crippen LogP contribution in [-0.4, -0.2) is 42.1 Å². The summed E-state index contributed by atoms with van der Waals surface area (Å²) in [6, 6.07) is 9.85. The van der Waals surface area contributed by atoms with E-state index in [2.05, 4.69) is 25.5 Å². The van der Waals surface area contributed by atoms with Gasteiger partial charge in [0.05, 0.1) is 12.4 Å². The fourth-order valence-corrected chi connectivity index (χ4v) is 3.53. The maximum Gasteiger partial charge on any atom is 0.271 e. The van der Waals surface area contributed by atoms with Gasteiger partial charge in [0, 0.05) is 32.7 Å². The first-order chi connectivity index (χ1) is 11.8. The Morgan fingerprint density at radius 3 is 2.67 bits per heavy atom. The third-order valence-electron chi connectivity index (χ3n) is 4.86. The molecule has 1 aromatic carbocycles. The van der Waals surface area contributed by atoms with E-state index in [0.717, 1.165) is 37.6 Å². The summed E-state index contributed by atoms with van der Waals surface area (Å²) in [4.78, 5) is 23.3. The average molecular weight is 323 g/mol. The molecule has 3 heterocycles. The first kappa shape index (κ1) is 15.1. The highest BCUT2D eigenvalue weighted by Gasteiger charge is 2.36. The lowest BCUT2D eigenvalue weighted by atomic mass is 10.0. The molecule has 6 heteroatoms. The Morgan fingerprint density at radius 2 is 1.92 bits per heavy atom. The molecule has 2 saturated heterocycles. The van der Waals surface area contributed by atoms with Gasteiger partial charge in [0.15, 0.2) is 0 Å².